The van der Waals surface area contributed by atoms with Crippen molar-refractivity contribution in [3.63, 3.8) is 0 Å². The van der Waals surface area contributed by atoms with Crippen LogP contribution in [0.3, 0.4) is 0 Å². The maximum absolute atomic E-state index is 11.6. The molecule has 1 aliphatic carbocycles. The van der Waals surface area contributed by atoms with Gasteiger partial charge in [0, 0.05) is 23.7 Å². The van der Waals surface area contributed by atoms with Gasteiger partial charge in [-0.05, 0) is 31.0 Å². The van der Waals surface area contributed by atoms with E-state index in [0.29, 0.717) is 0 Å². The number of fused-ring (bicyclic) bond motifs is 1. The van der Waals surface area contributed by atoms with Crippen LogP contribution in [0.15, 0.2) is 30.6 Å². The van der Waals surface area contributed by atoms with Gasteiger partial charge in [0.15, 0.2) is 5.65 Å². The van der Waals surface area contributed by atoms with Crippen molar-refractivity contribution in [2.24, 2.45) is 5.92 Å². The number of nitrogens with zero attached hydrogens (tertiary/aromatic N) is 2. The SMILES string of the molecule is O=C(Nn1ccc2cccnc21)C1CC1. The first-order valence-corrected chi connectivity index (χ1v) is 5.07. The molecule has 0 aliphatic heterocycles. The van der Waals surface area contributed by atoms with Gasteiger partial charge >= 0.3 is 0 Å². The Morgan fingerprint density at radius 2 is 2.33 bits per heavy atom. The second-order valence-electron chi connectivity index (χ2n) is 3.85. The highest BCUT2D eigenvalue weighted by atomic mass is 16.2. The third-order valence-electron chi connectivity index (χ3n) is 2.63. The normalized spacial score (nSPS) is 15.5. The average molecular weight is 201 g/mol. The highest BCUT2D eigenvalue weighted by Crippen LogP contribution is 2.29. The Hall–Kier alpha value is -1.84. The molecule has 0 radical (unpaired) electrons. The number of hydrogen-bond donors (Lipinski definition) is 1. The molecule has 2 aromatic rings. The van der Waals surface area contributed by atoms with Crippen molar-refractivity contribution in [3.8, 4) is 0 Å². The number of carbonyl (C=O) groups is 1. The maximum Gasteiger partial charge on any atom is 0.241 e. The first-order valence-electron chi connectivity index (χ1n) is 5.07. The zero-order valence-corrected chi connectivity index (χ0v) is 8.18. The van der Waals surface area contributed by atoms with Crippen LogP contribution >= 0.6 is 0 Å². The van der Waals surface area contributed by atoms with E-state index in [1.54, 1.807) is 10.9 Å². The summed E-state index contributed by atoms with van der Waals surface area (Å²) in [7, 11) is 0. The van der Waals surface area contributed by atoms with Crippen molar-refractivity contribution >= 4 is 16.9 Å². The molecule has 3 rings (SSSR count). The largest absolute Gasteiger partial charge is 0.273 e. The Kier molecular flexibility index (Phi) is 1.74. The third kappa shape index (κ3) is 1.48. The molecule has 0 unspecified atom stereocenters. The second-order valence-corrected chi connectivity index (χ2v) is 3.85. The minimum Gasteiger partial charge on any atom is -0.273 e. The fourth-order valence-corrected chi connectivity index (χ4v) is 1.61. The summed E-state index contributed by atoms with van der Waals surface area (Å²) in [5.74, 6) is 0.310. The molecule has 2 aromatic heterocycles. The molecular weight excluding hydrogens is 190 g/mol. The molecule has 0 atom stereocenters. The number of pyridine rings is 1. The average Bonchev–Trinajstić information content (AvgIpc) is 3.03. The summed E-state index contributed by atoms with van der Waals surface area (Å²) >= 11 is 0. The van der Waals surface area contributed by atoms with Crippen LogP contribution in [0, 0.1) is 5.92 Å². The van der Waals surface area contributed by atoms with Gasteiger partial charge in [-0.15, -0.1) is 0 Å². The molecule has 15 heavy (non-hydrogen) atoms. The van der Waals surface area contributed by atoms with Crippen LogP contribution in [0.1, 0.15) is 12.8 Å². The number of aromatic nitrogens is 2. The van der Waals surface area contributed by atoms with Gasteiger partial charge in [0.25, 0.3) is 0 Å². The van der Waals surface area contributed by atoms with Gasteiger partial charge in [0.05, 0.1) is 0 Å². The number of amides is 1. The highest BCUT2D eigenvalue weighted by molar-refractivity contribution is 5.89. The Labute approximate surface area is 86.9 Å². The lowest BCUT2D eigenvalue weighted by Crippen LogP contribution is -2.23. The minimum atomic E-state index is 0.0955. The van der Waals surface area contributed by atoms with Crippen molar-refractivity contribution in [1.29, 1.82) is 0 Å². The van der Waals surface area contributed by atoms with Crippen LogP contribution in [0.4, 0.5) is 0 Å². The number of rotatable bonds is 2. The first kappa shape index (κ1) is 8.47. The predicted octanol–water partition coefficient (Wildman–Crippen LogP) is 1.52. The van der Waals surface area contributed by atoms with E-state index < -0.39 is 0 Å². The van der Waals surface area contributed by atoms with Crippen molar-refractivity contribution < 1.29 is 4.79 Å². The molecule has 2 heterocycles. The molecule has 1 amide bonds. The van der Waals surface area contributed by atoms with Gasteiger partial charge in [0.2, 0.25) is 5.91 Å². The van der Waals surface area contributed by atoms with Crippen LogP contribution in [0.5, 0.6) is 0 Å². The molecule has 0 spiro atoms. The van der Waals surface area contributed by atoms with E-state index in [1.807, 2.05) is 24.4 Å². The Bertz CT molecular complexity index is 513. The van der Waals surface area contributed by atoms with Crippen molar-refractivity contribution in [3.05, 3.63) is 30.6 Å². The fraction of sp³-hybridized carbons (Fsp3) is 0.273. The van der Waals surface area contributed by atoms with Crippen molar-refractivity contribution in [1.82, 2.24) is 9.66 Å². The molecule has 4 heteroatoms. The van der Waals surface area contributed by atoms with E-state index in [0.717, 1.165) is 23.9 Å². The lowest BCUT2D eigenvalue weighted by atomic mass is 10.3. The standard InChI is InChI=1S/C11H11N3O/c15-11(9-3-4-9)13-14-7-5-8-2-1-6-12-10(8)14/h1-2,5-7,9H,3-4H2,(H,13,15). The third-order valence-corrected chi connectivity index (χ3v) is 2.63. The lowest BCUT2D eigenvalue weighted by Gasteiger charge is -2.05. The zero-order chi connectivity index (χ0) is 10.3. The van der Waals surface area contributed by atoms with E-state index in [1.165, 1.54) is 0 Å². The van der Waals surface area contributed by atoms with E-state index in [2.05, 4.69) is 10.4 Å². The van der Waals surface area contributed by atoms with Gasteiger partial charge in [-0.2, -0.15) is 0 Å². The van der Waals surface area contributed by atoms with Crippen LogP contribution in [-0.2, 0) is 4.79 Å². The first-order chi connectivity index (χ1) is 7.34. The molecule has 0 saturated heterocycles. The summed E-state index contributed by atoms with van der Waals surface area (Å²) in [5, 5.41) is 1.04. The fourth-order valence-electron chi connectivity index (χ4n) is 1.61. The molecule has 4 nitrogen and oxygen atoms in total. The summed E-state index contributed by atoms with van der Waals surface area (Å²) in [4.78, 5) is 15.8. The number of nitrogens with one attached hydrogen (secondary N) is 1. The smallest absolute Gasteiger partial charge is 0.241 e. The summed E-state index contributed by atoms with van der Waals surface area (Å²) < 4.78 is 1.69. The number of carbonyl (C=O) groups excluding carboxylic acids is 1. The van der Waals surface area contributed by atoms with E-state index in [-0.39, 0.29) is 11.8 Å². The van der Waals surface area contributed by atoms with Crippen LogP contribution in [0.2, 0.25) is 0 Å². The van der Waals surface area contributed by atoms with Gasteiger partial charge in [-0.25, -0.2) is 9.66 Å². The zero-order valence-electron chi connectivity index (χ0n) is 8.18. The molecule has 76 valence electrons. The molecule has 1 fully saturated rings. The number of hydrogen-bond acceptors (Lipinski definition) is 2. The van der Waals surface area contributed by atoms with Crippen molar-refractivity contribution in [2.45, 2.75) is 12.8 Å². The predicted molar refractivity (Wildman–Crippen MR) is 56.8 cm³/mol. The van der Waals surface area contributed by atoms with E-state index in [4.69, 9.17) is 0 Å². The molecular formula is C11H11N3O. The monoisotopic (exact) mass is 201 g/mol. The van der Waals surface area contributed by atoms with E-state index >= 15 is 0 Å². The topological polar surface area (TPSA) is 46.9 Å². The van der Waals surface area contributed by atoms with Crippen LogP contribution in [0.25, 0.3) is 11.0 Å². The summed E-state index contributed by atoms with van der Waals surface area (Å²) in [6.07, 6.45) is 5.58. The molecule has 1 aliphatic rings. The quantitative estimate of drug-likeness (QED) is 0.800. The molecule has 1 saturated carbocycles. The summed E-state index contributed by atoms with van der Waals surface area (Å²) in [5.41, 5.74) is 3.64. The Balaban J connectivity index is 1.93. The van der Waals surface area contributed by atoms with Gasteiger partial charge < -0.3 is 0 Å². The van der Waals surface area contributed by atoms with Crippen LogP contribution in [-0.4, -0.2) is 15.6 Å². The molecule has 0 aromatic carbocycles. The highest BCUT2D eigenvalue weighted by Gasteiger charge is 2.29. The van der Waals surface area contributed by atoms with Gasteiger partial charge in [-0.3, -0.25) is 10.2 Å². The Morgan fingerprint density at radius 3 is 3.13 bits per heavy atom. The molecule has 0 bridgehead atoms. The summed E-state index contributed by atoms with van der Waals surface area (Å²) in [6.45, 7) is 0. The maximum atomic E-state index is 11.6. The van der Waals surface area contributed by atoms with Gasteiger partial charge in [0.1, 0.15) is 0 Å². The molecule has 1 N–H and O–H groups in total. The van der Waals surface area contributed by atoms with Gasteiger partial charge in [-0.1, -0.05) is 0 Å². The minimum absolute atomic E-state index is 0.0955. The van der Waals surface area contributed by atoms with Crippen molar-refractivity contribution in [2.75, 3.05) is 5.43 Å². The second kappa shape index (κ2) is 3.08. The Morgan fingerprint density at radius 1 is 1.47 bits per heavy atom. The summed E-state index contributed by atoms with van der Waals surface area (Å²) in [6, 6.07) is 5.80. The van der Waals surface area contributed by atoms with Crippen LogP contribution < -0.4 is 5.43 Å². The van der Waals surface area contributed by atoms with E-state index in [9.17, 15) is 4.79 Å². The lowest BCUT2D eigenvalue weighted by molar-refractivity contribution is -0.118.